The Kier molecular flexibility index (Phi) is 5.67. The highest BCUT2D eigenvalue weighted by Crippen LogP contribution is 2.34. The minimum atomic E-state index is 0.227. The van der Waals surface area contributed by atoms with Crippen molar-refractivity contribution in [3.8, 4) is 0 Å². The molecule has 0 N–H and O–H groups in total. The molecule has 0 amide bonds. The van der Waals surface area contributed by atoms with Crippen LogP contribution >= 0.6 is 0 Å². The number of hydrogen-bond acceptors (Lipinski definition) is 1. The van der Waals surface area contributed by atoms with Crippen LogP contribution in [-0.2, 0) is 4.79 Å². The molecular weight excluding hydrogens is 184 g/mol. The van der Waals surface area contributed by atoms with Crippen molar-refractivity contribution in [1.82, 2.24) is 0 Å². The summed E-state index contributed by atoms with van der Waals surface area (Å²) in [5.74, 6) is 0.786. The first kappa shape index (κ1) is 12.5. The van der Waals surface area contributed by atoms with E-state index in [-0.39, 0.29) is 5.92 Å². The Balaban J connectivity index is 2.30. The van der Waals surface area contributed by atoms with Crippen LogP contribution in [0.15, 0.2) is 11.6 Å². The summed E-state index contributed by atoms with van der Waals surface area (Å²) in [5.41, 5.74) is 1.56. The maximum Gasteiger partial charge on any atom is 0.123 e. The standard InChI is InChI=1S/C14H24O/c1-3-4-5-6-8-13-9-7-10-14(13)12(2)11-15/h9,11-12,14H,3-8,10H2,1-2H3. The molecule has 15 heavy (non-hydrogen) atoms. The van der Waals surface area contributed by atoms with Crippen molar-refractivity contribution in [2.24, 2.45) is 11.8 Å². The van der Waals surface area contributed by atoms with E-state index >= 15 is 0 Å². The first-order chi connectivity index (χ1) is 7.29. The van der Waals surface area contributed by atoms with Crippen molar-refractivity contribution in [2.45, 2.75) is 58.8 Å². The molecule has 0 bridgehead atoms. The SMILES string of the molecule is CCCCCCC1=CCCC1C(C)C=O. The highest BCUT2D eigenvalue weighted by molar-refractivity contribution is 5.54. The average Bonchev–Trinajstić information content (AvgIpc) is 2.71. The predicted molar refractivity (Wildman–Crippen MR) is 64.8 cm³/mol. The van der Waals surface area contributed by atoms with Crippen LogP contribution in [0.25, 0.3) is 0 Å². The van der Waals surface area contributed by atoms with Gasteiger partial charge in [-0.2, -0.15) is 0 Å². The molecule has 0 fully saturated rings. The Bertz CT molecular complexity index is 217. The first-order valence-corrected chi connectivity index (χ1v) is 6.43. The molecule has 86 valence electrons. The fourth-order valence-electron chi connectivity index (χ4n) is 2.52. The van der Waals surface area contributed by atoms with Crippen LogP contribution in [0.5, 0.6) is 0 Å². The second-order valence-electron chi connectivity index (χ2n) is 4.77. The number of rotatable bonds is 7. The number of hydrogen-bond donors (Lipinski definition) is 0. The van der Waals surface area contributed by atoms with Crippen LogP contribution in [-0.4, -0.2) is 6.29 Å². The normalized spacial score (nSPS) is 22.5. The molecule has 2 atom stereocenters. The van der Waals surface area contributed by atoms with Gasteiger partial charge in [-0.3, -0.25) is 0 Å². The summed E-state index contributed by atoms with van der Waals surface area (Å²) >= 11 is 0. The summed E-state index contributed by atoms with van der Waals surface area (Å²) in [4.78, 5) is 10.8. The van der Waals surface area contributed by atoms with Crippen molar-refractivity contribution in [1.29, 1.82) is 0 Å². The van der Waals surface area contributed by atoms with E-state index in [0.29, 0.717) is 5.92 Å². The van der Waals surface area contributed by atoms with Gasteiger partial charge in [0.05, 0.1) is 0 Å². The largest absolute Gasteiger partial charge is 0.303 e. The van der Waals surface area contributed by atoms with Crippen molar-refractivity contribution in [3.63, 3.8) is 0 Å². The molecule has 1 aliphatic carbocycles. The molecule has 1 rings (SSSR count). The minimum absolute atomic E-state index is 0.227. The molecule has 0 saturated carbocycles. The first-order valence-electron chi connectivity index (χ1n) is 6.43. The van der Waals surface area contributed by atoms with E-state index in [4.69, 9.17) is 0 Å². The lowest BCUT2D eigenvalue weighted by Crippen LogP contribution is -2.12. The number of carbonyl (C=O) groups excluding carboxylic acids is 1. The summed E-state index contributed by atoms with van der Waals surface area (Å²) in [5, 5.41) is 0. The number of carbonyl (C=O) groups is 1. The second-order valence-corrected chi connectivity index (χ2v) is 4.77. The van der Waals surface area contributed by atoms with E-state index in [1.165, 1.54) is 44.9 Å². The topological polar surface area (TPSA) is 17.1 Å². The highest BCUT2D eigenvalue weighted by atomic mass is 16.1. The third-order valence-electron chi connectivity index (χ3n) is 3.53. The molecular formula is C14H24O. The Morgan fingerprint density at radius 1 is 1.47 bits per heavy atom. The Morgan fingerprint density at radius 3 is 2.93 bits per heavy atom. The van der Waals surface area contributed by atoms with Crippen LogP contribution in [0.4, 0.5) is 0 Å². The van der Waals surface area contributed by atoms with E-state index < -0.39 is 0 Å². The second kappa shape index (κ2) is 6.81. The van der Waals surface area contributed by atoms with Gasteiger partial charge in [0.25, 0.3) is 0 Å². The third kappa shape index (κ3) is 3.81. The van der Waals surface area contributed by atoms with Crippen LogP contribution in [0.2, 0.25) is 0 Å². The van der Waals surface area contributed by atoms with Gasteiger partial charge in [-0.25, -0.2) is 0 Å². The highest BCUT2D eigenvalue weighted by Gasteiger charge is 2.23. The summed E-state index contributed by atoms with van der Waals surface area (Å²) < 4.78 is 0. The van der Waals surface area contributed by atoms with Crippen molar-refractivity contribution < 1.29 is 4.79 Å². The van der Waals surface area contributed by atoms with Gasteiger partial charge in [0, 0.05) is 5.92 Å². The third-order valence-corrected chi connectivity index (χ3v) is 3.53. The molecule has 1 nitrogen and oxygen atoms in total. The maximum atomic E-state index is 10.8. The van der Waals surface area contributed by atoms with E-state index in [9.17, 15) is 4.79 Å². The molecule has 0 spiro atoms. The monoisotopic (exact) mass is 208 g/mol. The summed E-state index contributed by atoms with van der Waals surface area (Å²) in [6, 6.07) is 0. The number of unbranched alkanes of at least 4 members (excludes halogenated alkanes) is 3. The quantitative estimate of drug-likeness (QED) is 0.349. The molecule has 0 aromatic carbocycles. The predicted octanol–water partition coefficient (Wildman–Crippen LogP) is 4.13. The van der Waals surface area contributed by atoms with E-state index in [1.54, 1.807) is 5.57 Å². The molecule has 0 radical (unpaired) electrons. The van der Waals surface area contributed by atoms with Gasteiger partial charge in [0.1, 0.15) is 6.29 Å². The van der Waals surface area contributed by atoms with Crippen molar-refractivity contribution >= 4 is 6.29 Å². The molecule has 0 saturated heterocycles. The van der Waals surface area contributed by atoms with Gasteiger partial charge in [-0.1, -0.05) is 44.8 Å². The molecule has 0 heterocycles. The zero-order valence-corrected chi connectivity index (χ0v) is 10.2. The molecule has 1 aliphatic rings. The fourth-order valence-corrected chi connectivity index (χ4v) is 2.52. The van der Waals surface area contributed by atoms with Crippen molar-refractivity contribution in [3.05, 3.63) is 11.6 Å². The molecule has 1 heteroatoms. The fraction of sp³-hybridized carbons (Fsp3) is 0.786. The molecule has 0 aromatic heterocycles. The number of allylic oxidation sites excluding steroid dienone is 2. The van der Waals surface area contributed by atoms with E-state index in [0.717, 1.165) is 6.29 Å². The minimum Gasteiger partial charge on any atom is -0.303 e. The van der Waals surface area contributed by atoms with Crippen LogP contribution < -0.4 is 0 Å². The van der Waals surface area contributed by atoms with Gasteiger partial charge in [0.2, 0.25) is 0 Å². The number of aldehydes is 1. The van der Waals surface area contributed by atoms with Gasteiger partial charge in [0.15, 0.2) is 0 Å². The van der Waals surface area contributed by atoms with Gasteiger partial charge in [-0.15, -0.1) is 0 Å². The summed E-state index contributed by atoms with van der Waals surface area (Å²) in [7, 11) is 0. The van der Waals surface area contributed by atoms with Crippen LogP contribution in [0.1, 0.15) is 58.8 Å². The van der Waals surface area contributed by atoms with E-state index in [1.807, 2.05) is 0 Å². The maximum absolute atomic E-state index is 10.8. The molecule has 0 aliphatic heterocycles. The lowest BCUT2D eigenvalue weighted by atomic mass is 9.87. The Hall–Kier alpha value is -0.590. The molecule has 0 aromatic rings. The van der Waals surface area contributed by atoms with Crippen LogP contribution in [0.3, 0.4) is 0 Å². The van der Waals surface area contributed by atoms with Gasteiger partial charge < -0.3 is 4.79 Å². The van der Waals surface area contributed by atoms with Crippen LogP contribution in [0, 0.1) is 11.8 Å². The lowest BCUT2D eigenvalue weighted by Gasteiger charge is -2.17. The summed E-state index contributed by atoms with van der Waals surface area (Å²) in [6.07, 6.45) is 12.4. The lowest BCUT2D eigenvalue weighted by molar-refractivity contribution is -0.111. The van der Waals surface area contributed by atoms with Crippen molar-refractivity contribution in [2.75, 3.05) is 0 Å². The molecule has 2 unspecified atom stereocenters. The summed E-state index contributed by atoms with van der Waals surface area (Å²) in [6.45, 7) is 4.30. The van der Waals surface area contributed by atoms with E-state index in [2.05, 4.69) is 19.9 Å². The Morgan fingerprint density at radius 2 is 2.27 bits per heavy atom. The Labute approximate surface area is 93.9 Å². The average molecular weight is 208 g/mol. The van der Waals surface area contributed by atoms with Gasteiger partial charge in [-0.05, 0) is 31.6 Å². The zero-order chi connectivity index (χ0) is 11.1. The zero-order valence-electron chi connectivity index (χ0n) is 10.2. The van der Waals surface area contributed by atoms with Gasteiger partial charge >= 0.3 is 0 Å². The smallest absolute Gasteiger partial charge is 0.123 e.